The highest BCUT2D eigenvalue weighted by atomic mass is 35.5. The number of nitrogens with zero attached hydrogens (tertiary/aromatic N) is 1. The molecule has 0 aliphatic rings. The third-order valence-electron chi connectivity index (χ3n) is 2.66. The summed E-state index contributed by atoms with van der Waals surface area (Å²) >= 11 is 6.86. The van der Waals surface area contributed by atoms with Gasteiger partial charge in [-0.25, -0.2) is 13.4 Å². The van der Waals surface area contributed by atoms with E-state index in [0.717, 1.165) is 11.3 Å². The van der Waals surface area contributed by atoms with Gasteiger partial charge >= 0.3 is 0 Å². The molecule has 0 aliphatic heterocycles. The fourth-order valence-corrected chi connectivity index (χ4v) is 4.38. The zero-order valence-electron chi connectivity index (χ0n) is 11.4. The predicted octanol–water partition coefficient (Wildman–Crippen LogP) is 1.75. The number of carbonyl (C=O) groups excluding carboxylic acids is 1. The summed E-state index contributed by atoms with van der Waals surface area (Å²) in [5, 5.41) is 2.86. The quantitative estimate of drug-likeness (QED) is 0.806. The van der Waals surface area contributed by atoms with Crippen molar-refractivity contribution in [3.05, 3.63) is 23.4 Å². The molecule has 2 heterocycles. The van der Waals surface area contributed by atoms with Crippen LogP contribution in [0.1, 0.15) is 13.8 Å². The van der Waals surface area contributed by atoms with E-state index in [1.54, 1.807) is 19.1 Å². The molecule has 0 aliphatic carbocycles. The second-order valence-corrected chi connectivity index (χ2v) is 7.73. The van der Waals surface area contributed by atoms with Crippen LogP contribution in [0.3, 0.4) is 0 Å². The zero-order valence-corrected chi connectivity index (χ0v) is 13.8. The average molecular weight is 348 g/mol. The minimum Gasteiger partial charge on any atom is -0.355 e. The Morgan fingerprint density at radius 2 is 2.19 bits per heavy atom. The maximum Gasteiger partial charge on any atom is 0.250 e. The predicted molar refractivity (Wildman–Crippen MR) is 83.1 cm³/mol. The van der Waals surface area contributed by atoms with Crippen LogP contribution in [0.15, 0.2) is 22.4 Å². The molecule has 0 saturated carbocycles. The Kier molecular flexibility index (Phi) is 4.82. The van der Waals surface area contributed by atoms with Crippen molar-refractivity contribution in [2.24, 2.45) is 0 Å². The second kappa shape index (κ2) is 6.27. The van der Waals surface area contributed by atoms with E-state index in [2.05, 4.69) is 15.0 Å². The molecule has 6 nitrogen and oxygen atoms in total. The molecule has 0 unspecified atom stereocenters. The molecule has 0 saturated heterocycles. The van der Waals surface area contributed by atoms with Crippen LogP contribution in [0.2, 0.25) is 5.15 Å². The summed E-state index contributed by atoms with van der Waals surface area (Å²) in [4.78, 5) is 15.7. The summed E-state index contributed by atoms with van der Waals surface area (Å²) in [6.07, 6.45) is 0. The monoisotopic (exact) mass is 347 g/mol. The maximum atomic E-state index is 12.3. The van der Waals surface area contributed by atoms with Crippen LogP contribution in [0.25, 0.3) is 10.2 Å². The lowest BCUT2D eigenvalue weighted by atomic mass is 10.3. The zero-order chi connectivity index (χ0) is 15.6. The summed E-state index contributed by atoms with van der Waals surface area (Å²) in [5.41, 5.74) is 0.513. The number of pyridine rings is 1. The smallest absolute Gasteiger partial charge is 0.250 e. The SMILES string of the molecule is CCNC(=O)[C@H](C)NS(=O)(=O)c1cc2nc(Cl)ccc2s1. The number of hydrogen-bond donors (Lipinski definition) is 2. The number of nitrogens with one attached hydrogen (secondary N) is 2. The van der Waals surface area contributed by atoms with Gasteiger partial charge in [0, 0.05) is 6.54 Å². The number of fused-ring (bicyclic) bond motifs is 1. The Hall–Kier alpha value is -1.22. The molecular formula is C12H14ClN3O3S2. The van der Waals surface area contributed by atoms with Gasteiger partial charge in [-0.3, -0.25) is 4.79 Å². The Labute approximate surface area is 131 Å². The third-order valence-corrected chi connectivity index (χ3v) is 5.97. The first kappa shape index (κ1) is 16.2. The van der Waals surface area contributed by atoms with E-state index in [1.807, 2.05) is 0 Å². The van der Waals surface area contributed by atoms with Crippen LogP contribution in [0, 0.1) is 0 Å². The number of aromatic nitrogens is 1. The molecule has 2 aromatic rings. The third kappa shape index (κ3) is 3.70. The standard InChI is InChI=1S/C12H14ClN3O3S2/c1-3-14-12(17)7(2)16-21(18,19)11-6-8-9(20-11)4-5-10(13)15-8/h4-7,16H,3H2,1-2H3,(H,14,17)/t7-/m0/s1. The normalized spacial score (nSPS) is 13.3. The molecule has 2 aromatic heterocycles. The van der Waals surface area contributed by atoms with Gasteiger partial charge in [0.25, 0.3) is 10.0 Å². The number of hydrogen-bond acceptors (Lipinski definition) is 5. The summed E-state index contributed by atoms with van der Waals surface area (Å²) in [5.74, 6) is -0.372. The largest absolute Gasteiger partial charge is 0.355 e. The van der Waals surface area contributed by atoms with E-state index in [-0.39, 0.29) is 10.1 Å². The molecule has 9 heteroatoms. The van der Waals surface area contributed by atoms with E-state index in [0.29, 0.717) is 21.9 Å². The van der Waals surface area contributed by atoms with E-state index < -0.39 is 16.1 Å². The van der Waals surface area contributed by atoms with Gasteiger partial charge in [0.2, 0.25) is 5.91 Å². The van der Waals surface area contributed by atoms with Gasteiger partial charge in [0.15, 0.2) is 0 Å². The molecule has 0 aromatic carbocycles. The van der Waals surface area contributed by atoms with Crippen molar-refractivity contribution in [3.8, 4) is 0 Å². The Balaban J connectivity index is 2.27. The van der Waals surface area contributed by atoms with Gasteiger partial charge < -0.3 is 5.32 Å². The maximum absolute atomic E-state index is 12.3. The number of likely N-dealkylation sites (N-methyl/N-ethyl adjacent to an activating group) is 1. The first-order chi connectivity index (χ1) is 9.83. The number of sulfonamides is 1. The van der Waals surface area contributed by atoms with Crippen LogP contribution in [0.4, 0.5) is 0 Å². The lowest BCUT2D eigenvalue weighted by Gasteiger charge is -2.12. The van der Waals surface area contributed by atoms with Gasteiger partial charge in [-0.15, -0.1) is 11.3 Å². The van der Waals surface area contributed by atoms with Gasteiger partial charge in [0.1, 0.15) is 9.36 Å². The van der Waals surface area contributed by atoms with Crippen molar-refractivity contribution >= 4 is 49.1 Å². The minimum absolute atomic E-state index is 0.100. The molecule has 2 rings (SSSR count). The lowest BCUT2D eigenvalue weighted by Crippen LogP contribution is -2.44. The second-order valence-electron chi connectivity index (χ2n) is 4.32. The lowest BCUT2D eigenvalue weighted by molar-refractivity contribution is -0.122. The number of halogens is 1. The summed E-state index contributed by atoms with van der Waals surface area (Å²) in [7, 11) is -3.77. The fourth-order valence-electron chi connectivity index (χ4n) is 1.68. The number of rotatable bonds is 5. The fraction of sp³-hybridized carbons (Fsp3) is 0.333. The van der Waals surface area contributed by atoms with Crippen molar-refractivity contribution in [1.82, 2.24) is 15.0 Å². The molecule has 0 fully saturated rings. The Bertz CT molecular complexity index is 773. The number of thiophene rings is 1. The van der Waals surface area contributed by atoms with Crippen LogP contribution >= 0.6 is 22.9 Å². The average Bonchev–Trinajstić information content (AvgIpc) is 2.82. The van der Waals surface area contributed by atoms with E-state index in [4.69, 9.17) is 11.6 Å². The molecule has 1 atom stereocenters. The van der Waals surface area contributed by atoms with Crippen molar-refractivity contribution in [2.45, 2.75) is 24.1 Å². The van der Waals surface area contributed by atoms with Crippen LogP contribution in [-0.4, -0.2) is 31.9 Å². The van der Waals surface area contributed by atoms with Crippen LogP contribution in [0.5, 0.6) is 0 Å². The highest BCUT2D eigenvalue weighted by molar-refractivity contribution is 7.91. The topological polar surface area (TPSA) is 88.2 Å². The van der Waals surface area contributed by atoms with Crippen molar-refractivity contribution in [2.75, 3.05) is 6.54 Å². The number of amides is 1. The Morgan fingerprint density at radius 3 is 2.86 bits per heavy atom. The van der Waals surface area contributed by atoms with E-state index in [1.165, 1.54) is 13.0 Å². The van der Waals surface area contributed by atoms with Gasteiger partial charge in [-0.05, 0) is 32.0 Å². The van der Waals surface area contributed by atoms with Gasteiger partial charge in [-0.2, -0.15) is 4.72 Å². The van der Waals surface area contributed by atoms with Crippen molar-refractivity contribution in [1.29, 1.82) is 0 Å². The first-order valence-corrected chi connectivity index (χ1v) is 8.87. The minimum atomic E-state index is -3.77. The summed E-state index contributed by atoms with van der Waals surface area (Å²) in [6.45, 7) is 3.70. The van der Waals surface area contributed by atoms with Crippen molar-refractivity contribution < 1.29 is 13.2 Å². The molecule has 114 valence electrons. The molecule has 21 heavy (non-hydrogen) atoms. The van der Waals surface area contributed by atoms with Crippen LogP contribution in [-0.2, 0) is 14.8 Å². The highest BCUT2D eigenvalue weighted by Crippen LogP contribution is 2.28. The summed E-state index contributed by atoms with van der Waals surface area (Å²) in [6, 6.07) is 3.90. The summed E-state index contributed by atoms with van der Waals surface area (Å²) < 4.78 is 27.7. The van der Waals surface area contributed by atoms with Crippen LogP contribution < -0.4 is 10.0 Å². The molecular weight excluding hydrogens is 334 g/mol. The highest BCUT2D eigenvalue weighted by Gasteiger charge is 2.23. The Morgan fingerprint density at radius 1 is 1.48 bits per heavy atom. The van der Waals surface area contributed by atoms with E-state index in [9.17, 15) is 13.2 Å². The molecule has 0 spiro atoms. The molecule has 0 bridgehead atoms. The van der Waals surface area contributed by atoms with Gasteiger partial charge in [-0.1, -0.05) is 11.6 Å². The van der Waals surface area contributed by atoms with Gasteiger partial charge in [0.05, 0.1) is 16.3 Å². The first-order valence-electron chi connectivity index (χ1n) is 6.19. The molecule has 0 radical (unpaired) electrons. The van der Waals surface area contributed by atoms with E-state index >= 15 is 0 Å². The van der Waals surface area contributed by atoms with Crippen molar-refractivity contribution in [3.63, 3.8) is 0 Å². The number of carbonyl (C=O) groups is 1. The molecule has 1 amide bonds. The molecule has 2 N–H and O–H groups in total.